The first-order chi connectivity index (χ1) is 7.72. The summed E-state index contributed by atoms with van der Waals surface area (Å²) in [4.78, 5) is 6.15. The Bertz CT molecular complexity index is 259. The number of likely N-dealkylation sites (N-methyl/N-ethyl adjacent to an activating group) is 1. The van der Waals surface area contributed by atoms with E-state index in [0.717, 1.165) is 39.1 Å². The van der Waals surface area contributed by atoms with Crippen LogP contribution in [0.4, 0.5) is 0 Å². The Kier molecular flexibility index (Phi) is 6.64. The highest BCUT2D eigenvalue weighted by Gasteiger charge is 2.06. The van der Waals surface area contributed by atoms with Crippen LogP contribution in [0.5, 0.6) is 0 Å². The van der Waals surface area contributed by atoms with Gasteiger partial charge in [0, 0.05) is 24.5 Å². The van der Waals surface area contributed by atoms with Crippen molar-refractivity contribution in [2.45, 2.75) is 13.0 Å². The molecule has 0 saturated carbocycles. The monoisotopic (exact) mass is 241 g/mol. The van der Waals surface area contributed by atoms with Crippen molar-refractivity contribution in [3.8, 4) is 0 Å². The second-order valence-corrected chi connectivity index (χ2v) is 5.33. The van der Waals surface area contributed by atoms with Gasteiger partial charge in [0.1, 0.15) is 0 Å². The maximum absolute atomic E-state index is 5.57. The number of nitrogens with zero attached hydrogens (tertiary/aromatic N) is 2. The van der Waals surface area contributed by atoms with E-state index in [1.807, 2.05) is 11.3 Å². The summed E-state index contributed by atoms with van der Waals surface area (Å²) in [6.07, 6.45) is 1.08. The Morgan fingerprint density at radius 3 is 2.62 bits per heavy atom. The Hall–Kier alpha value is -0.420. The second-order valence-electron chi connectivity index (χ2n) is 4.30. The predicted molar refractivity (Wildman–Crippen MR) is 71.8 cm³/mol. The first-order valence-electron chi connectivity index (χ1n) is 5.82. The molecule has 0 aliphatic carbocycles. The fraction of sp³-hybridized carbons (Fsp3) is 0.667. The molecule has 0 fully saturated rings. The molecular weight excluding hydrogens is 218 g/mol. The van der Waals surface area contributed by atoms with Gasteiger partial charge in [-0.05, 0) is 45.1 Å². The van der Waals surface area contributed by atoms with Crippen molar-refractivity contribution in [3.05, 3.63) is 22.4 Å². The Morgan fingerprint density at radius 1 is 1.25 bits per heavy atom. The molecule has 16 heavy (non-hydrogen) atoms. The van der Waals surface area contributed by atoms with Crippen LogP contribution < -0.4 is 5.73 Å². The van der Waals surface area contributed by atoms with Crippen molar-refractivity contribution in [1.82, 2.24) is 9.80 Å². The average Bonchev–Trinajstić information content (AvgIpc) is 2.74. The van der Waals surface area contributed by atoms with Crippen molar-refractivity contribution in [2.75, 3.05) is 40.3 Å². The van der Waals surface area contributed by atoms with Gasteiger partial charge in [0.25, 0.3) is 0 Å². The van der Waals surface area contributed by atoms with Crippen molar-refractivity contribution in [1.29, 1.82) is 0 Å². The van der Waals surface area contributed by atoms with Crippen molar-refractivity contribution >= 4 is 11.3 Å². The van der Waals surface area contributed by atoms with Gasteiger partial charge in [0.2, 0.25) is 0 Å². The van der Waals surface area contributed by atoms with E-state index in [9.17, 15) is 0 Å². The number of hydrogen-bond acceptors (Lipinski definition) is 4. The number of nitrogens with two attached hydrogens (primary N) is 1. The maximum Gasteiger partial charge on any atom is 0.0328 e. The van der Waals surface area contributed by atoms with Crippen LogP contribution in [-0.2, 0) is 6.54 Å². The van der Waals surface area contributed by atoms with Crippen LogP contribution in [0.25, 0.3) is 0 Å². The SMILES string of the molecule is CN(C)CCN(CCCN)Cc1cccs1. The molecule has 0 aliphatic heterocycles. The summed E-state index contributed by atoms with van der Waals surface area (Å²) in [6, 6.07) is 4.32. The van der Waals surface area contributed by atoms with Crippen LogP contribution in [0.3, 0.4) is 0 Å². The molecule has 92 valence electrons. The average molecular weight is 241 g/mol. The zero-order chi connectivity index (χ0) is 11.8. The fourth-order valence-corrected chi connectivity index (χ4v) is 2.30. The molecule has 0 unspecified atom stereocenters. The van der Waals surface area contributed by atoms with Crippen LogP contribution >= 0.6 is 11.3 Å². The molecule has 3 nitrogen and oxygen atoms in total. The van der Waals surface area contributed by atoms with Gasteiger partial charge in [-0.15, -0.1) is 11.3 Å². The van der Waals surface area contributed by atoms with E-state index in [4.69, 9.17) is 5.73 Å². The Balaban J connectivity index is 2.36. The summed E-state index contributed by atoms with van der Waals surface area (Å²) in [6.45, 7) is 5.16. The molecule has 0 saturated heterocycles. The zero-order valence-electron chi connectivity index (χ0n) is 10.4. The summed E-state index contributed by atoms with van der Waals surface area (Å²) in [5, 5.41) is 2.14. The molecule has 1 aromatic rings. The van der Waals surface area contributed by atoms with Crippen molar-refractivity contribution < 1.29 is 0 Å². The van der Waals surface area contributed by atoms with E-state index < -0.39 is 0 Å². The second kappa shape index (κ2) is 7.79. The van der Waals surface area contributed by atoms with Gasteiger partial charge in [-0.25, -0.2) is 0 Å². The minimum Gasteiger partial charge on any atom is -0.330 e. The molecule has 4 heteroatoms. The van der Waals surface area contributed by atoms with Gasteiger partial charge < -0.3 is 10.6 Å². The van der Waals surface area contributed by atoms with E-state index >= 15 is 0 Å². The first kappa shape index (κ1) is 13.6. The lowest BCUT2D eigenvalue weighted by atomic mass is 10.3. The Labute approximate surface area is 103 Å². The molecule has 0 aliphatic rings. The topological polar surface area (TPSA) is 32.5 Å². The van der Waals surface area contributed by atoms with Crippen LogP contribution in [-0.4, -0.2) is 50.1 Å². The third kappa shape index (κ3) is 5.61. The van der Waals surface area contributed by atoms with E-state index in [1.54, 1.807) is 0 Å². The van der Waals surface area contributed by atoms with Crippen LogP contribution in [0.15, 0.2) is 17.5 Å². The summed E-state index contributed by atoms with van der Waals surface area (Å²) in [7, 11) is 4.23. The molecule has 1 heterocycles. The normalized spacial score (nSPS) is 11.6. The lowest BCUT2D eigenvalue weighted by Gasteiger charge is -2.23. The highest BCUT2D eigenvalue weighted by atomic mass is 32.1. The van der Waals surface area contributed by atoms with Gasteiger partial charge in [-0.2, -0.15) is 0 Å². The van der Waals surface area contributed by atoms with E-state index in [-0.39, 0.29) is 0 Å². The van der Waals surface area contributed by atoms with Gasteiger partial charge >= 0.3 is 0 Å². The lowest BCUT2D eigenvalue weighted by Crippen LogP contribution is -2.32. The van der Waals surface area contributed by atoms with Crippen LogP contribution in [0.1, 0.15) is 11.3 Å². The largest absolute Gasteiger partial charge is 0.330 e. The Morgan fingerprint density at radius 2 is 2.06 bits per heavy atom. The molecular formula is C12H23N3S. The molecule has 0 atom stereocenters. The van der Waals surface area contributed by atoms with Gasteiger partial charge in [-0.3, -0.25) is 4.90 Å². The molecule has 2 N–H and O–H groups in total. The van der Waals surface area contributed by atoms with Gasteiger partial charge in [0.15, 0.2) is 0 Å². The summed E-state index contributed by atoms with van der Waals surface area (Å²) >= 11 is 1.83. The number of thiophene rings is 1. The number of rotatable bonds is 8. The third-order valence-corrected chi connectivity index (χ3v) is 3.36. The van der Waals surface area contributed by atoms with Crippen molar-refractivity contribution in [2.24, 2.45) is 5.73 Å². The van der Waals surface area contributed by atoms with E-state index in [2.05, 4.69) is 41.4 Å². The summed E-state index contributed by atoms with van der Waals surface area (Å²) in [5.74, 6) is 0. The fourth-order valence-electron chi connectivity index (χ4n) is 1.55. The summed E-state index contributed by atoms with van der Waals surface area (Å²) in [5.41, 5.74) is 5.57. The van der Waals surface area contributed by atoms with Crippen molar-refractivity contribution in [3.63, 3.8) is 0 Å². The van der Waals surface area contributed by atoms with E-state index in [0.29, 0.717) is 0 Å². The van der Waals surface area contributed by atoms with Gasteiger partial charge in [-0.1, -0.05) is 6.07 Å². The number of hydrogen-bond donors (Lipinski definition) is 1. The molecule has 1 aromatic heterocycles. The molecule has 0 radical (unpaired) electrons. The summed E-state index contributed by atoms with van der Waals surface area (Å²) < 4.78 is 0. The standard InChI is InChI=1S/C12H23N3S/c1-14(2)8-9-15(7-4-6-13)11-12-5-3-10-16-12/h3,5,10H,4,6-9,11,13H2,1-2H3. The minimum atomic E-state index is 0.781. The van der Waals surface area contributed by atoms with E-state index in [1.165, 1.54) is 4.88 Å². The highest BCUT2D eigenvalue weighted by molar-refractivity contribution is 7.09. The minimum absolute atomic E-state index is 0.781. The quantitative estimate of drug-likeness (QED) is 0.748. The first-order valence-corrected chi connectivity index (χ1v) is 6.70. The maximum atomic E-state index is 5.57. The lowest BCUT2D eigenvalue weighted by molar-refractivity contribution is 0.234. The van der Waals surface area contributed by atoms with Crippen LogP contribution in [0.2, 0.25) is 0 Å². The molecule has 0 amide bonds. The smallest absolute Gasteiger partial charge is 0.0328 e. The highest BCUT2D eigenvalue weighted by Crippen LogP contribution is 2.11. The van der Waals surface area contributed by atoms with Crippen LogP contribution in [0, 0.1) is 0 Å². The van der Waals surface area contributed by atoms with Gasteiger partial charge in [0.05, 0.1) is 0 Å². The molecule has 0 aromatic carbocycles. The third-order valence-electron chi connectivity index (χ3n) is 2.50. The zero-order valence-corrected chi connectivity index (χ0v) is 11.2. The molecule has 0 spiro atoms. The predicted octanol–water partition coefficient (Wildman–Crippen LogP) is 1.46. The molecule has 1 rings (SSSR count). The molecule has 0 bridgehead atoms.